The minimum atomic E-state index is -4.08. The Labute approximate surface area is 89.8 Å². The Morgan fingerprint density at radius 3 is 2.27 bits per heavy atom. The van der Waals surface area contributed by atoms with Crippen LogP contribution in [0.15, 0.2) is 0 Å². The Morgan fingerprint density at radius 1 is 1.20 bits per heavy atom. The molecule has 92 valence electrons. The zero-order valence-corrected chi connectivity index (χ0v) is 9.69. The molecule has 0 heterocycles. The molecule has 1 N–H and O–H groups in total. The fourth-order valence-corrected chi connectivity index (χ4v) is 1.28. The van der Waals surface area contributed by atoms with E-state index in [9.17, 15) is 13.2 Å². The van der Waals surface area contributed by atoms with E-state index in [1.54, 1.807) is 0 Å². The molecular formula is C10H21F3N2. The Balaban J connectivity index is 3.36. The summed E-state index contributed by atoms with van der Waals surface area (Å²) in [7, 11) is 1.50. The van der Waals surface area contributed by atoms with Crippen LogP contribution in [0.2, 0.25) is 0 Å². The first-order valence-electron chi connectivity index (χ1n) is 5.30. The van der Waals surface area contributed by atoms with Crippen molar-refractivity contribution in [3.05, 3.63) is 0 Å². The lowest BCUT2D eigenvalue weighted by Gasteiger charge is -2.18. The highest BCUT2D eigenvalue weighted by molar-refractivity contribution is 4.60. The molecule has 0 aliphatic heterocycles. The minimum absolute atomic E-state index is 0.443. The van der Waals surface area contributed by atoms with E-state index in [1.807, 2.05) is 0 Å². The SMILES string of the molecule is CC(C)NCCCCN(C)CC(F)(F)F. The Kier molecular flexibility index (Phi) is 6.92. The summed E-state index contributed by atoms with van der Waals surface area (Å²) >= 11 is 0. The molecule has 0 aliphatic rings. The van der Waals surface area contributed by atoms with Crippen molar-refractivity contribution in [1.82, 2.24) is 10.2 Å². The van der Waals surface area contributed by atoms with Crippen LogP contribution in [-0.4, -0.2) is 43.8 Å². The average molecular weight is 226 g/mol. The summed E-state index contributed by atoms with van der Waals surface area (Å²) in [5, 5.41) is 3.23. The topological polar surface area (TPSA) is 15.3 Å². The maximum absolute atomic E-state index is 11.9. The Bertz CT molecular complexity index is 157. The van der Waals surface area contributed by atoms with Crippen molar-refractivity contribution in [2.45, 2.75) is 38.9 Å². The van der Waals surface area contributed by atoms with Gasteiger partial charge < -0.3 is 5.32 Å². The molecule has 0 aromatic heterocycles. The highest BCUT2D eigenvalue weighted by Gasteiger charge is 2.28. The molecule has 0 aliphatic carbocycles. The molecule has 0 aromatic rings. The molecule has 0 amide bonds. The van der Waals surface area contributed by atoms with Gasteiger partial charge in [-0.3, -0.25) is 4.90 Å². The van der Waals surface area contributed by atoms with Crippen molar-refractivity contribution in [3.63, 3.8) is 0 Å². The van der Waals surface area contributed by atoms with Crippen molar-refractivity contribution in [2.24, 2.45) is 0 Å². The summed E-state index contributed by atoms with van der Waals surface area (Å²) in [6.45, 7) is 4.66. The van der Waals surface area contributed by atoms with Crippen molar-refractivity contribution < 1.29 is 13.2 Å². The normalized spacial score (nSPS) is 12.8. The molecule has 0 radical (unpaired) electrons. The van der Waals surface area contributed by atoms with Gasteiger partial charge in [0.25, 0.3) is 0 Å². The molecule has 5 heteroatoms. The zero-order valence-electron chi connectivity index (χ0n) is 9.69. The maximum Gasteiger partial charge on any atom is 0.401 e. The van der Waals surface area contributed by atoms with Crippen molar-refractivity contribution >= 4 is 0 Å². The number of nitrogens with zero attached hydrogens (tertiary/aromatic N) is 1. The lowest BCUT2D eigenvalue weighted by molar-refractivity contribution is -0.143. The highest BCUT2D eigenvalue weighted by Crippen LogP contribution is 2.15. The number of rotatable bonds is 7. The van der Waals surface area contributed by atoms with Crippen molar-refractivity contribution in [1.29, 1.82) is 0 Å². The van der Waals surface area contributed by atoms with E-state index in [0.29, 0.717) is 12.6 Å². The molecule has 0 fully saturated rings. The molecule has 0 saturated heterocycles. The van der Waals surface area contributed by atoms with Gasteiger partial charge in [-0.2, -0.15) is 13.2 Å². The van der Waals surface area contributed by atoms with Crippen LogP contribution in [0.4, 0.5) is 13.2 Å². The number of unbranched alkanes of at least 4 members (excludes halogenated alkanes) is 1. The van der Waals surface area contributed by atoms with Crippen LogP contribution in [0.5, 0.6) is 0 Å². The zero-order chi connectivity index (χ0) is 11.9. The summed E-state index contributed by atoms with van der Waals surface area (Å²) in [6.07, 6.45) is -2.36. The van der Waals surface area contributed by atoms with Crippen LogP contribution >= 0.6 is 0 Å². The van der Waals surface area contributed by atoms with E-state index in [4.69, 9.17) is 0 Å². The molecule has 0 aromatic carbocycles. The van der Waals surface area contributed by atoms with Gasteiger partial charge in [-0.05, 0) is 33.0 Å². The van der Waals surface area contributed by atoms with Gasteiger partial charge in [-0.25, -0.2) is 0 Å². The summed E-state index contributed by atoms with van der Waals surface area (Å²) in [5.74, 6) is 0. The molecule has 0 bridgehead atoms. The highest BCUT2D eigenvalue weighted by atomic mass is 19.4. The van der Waals surface area contributed by atoms with E-state index < -0.39 is 12.7 Å². The van der Waals surface area contributed by atoms with Crippen LogP contribution in [0.1, 0.15) is 26.7 Å². The van der Waals surface area contributed by atoms with Gasteiger partial charge in [0.05, 0.1) is 6.54 Å². The predicted molar refractivity (Wildman–Crippen MR) is 55.9 cm³/mol. The van der Waals surface area contributed by atoms with Crippen LogP contribution in [0, 0.1) is 0 Å². The summed E-state index contributed by atoms with van der Waals surface area (Å²) in [4.78, 5) is 1.31. The number of alkyl halides is 3. The minimum Gasteiger partial charge on any atom is -0.315 e. The third-order valence-electron chi connectivity index (χ3n) is 1.97. The first kappa shape index (κ1) is 14.7. The van der Waals surface area contributed by atoms with Gasteiger partial charge in [0.1, 0.15) is 0 Å². The molecule has 0 saturated carbocycles. The van der Waals surface area contributed by atoms with Gasteiger partial charge in [0, 0.05) is 6.04 Å². The summed E-state index contributed by atoms with van der Waals surface area (Å²) in [5.41, 5.74) is 0. The second kappa shape index (κ2) is 7.06. The fraction of sp³-hybridized carbons (Fsp3) is 1.00. The van der Waals surface area contributed by atoms with Gasteiger partial charge in [-0.1, -0.05) is 13.8 Å². The maximum atomic E-state index is 11.9. The van der Waals surface area contributed by atoms with Gasteiger partial charge >= 0.3 is 6.18 Å². The van der Waals surface area contributed by atoms with E-state index >= 15 is 0 Å². The number of nitrogens with one attached hydrogen (secondary N) is 1. The van der Waals surface area contributed by atoms with Crippen LogP contribution < -0.4 is 5.32 Å². The fourth-order valence-electron chi connectivity index (χ4n) is 1.28. The summed E-state index contributed by atoms with van der Waals surface area (Å²) in [6, 6.07) is 0.443. The lowest BCUT2D eigenvalue weighted by atomic mass is 10.2. The van der Waals surface area contributed by atoms with Gasteiger partial charge in [0.15, 0.2) is 0 Å². The van der Waals surface area contributed by atoms with Crippen molar-refractivity contribution in [3.8, 4) is 0 Å². The first-order chi connectivity index (χ1) is 6.81. The van der Waals surface area contributed by atoms with Crippen LogP contribution in [0.3, 0.4) is 0 Å². The largest absolute Gasteiger partial charge is 0.401 e. The standard InChI is InChI=1S/C10H21F3N2/c1-9(2)14-6-4-5-7-15(3)8-10(11,12)13/h9,14H,4-8H2,1-3H3. The molecule has 15 heavy (non-hydrogen) atoms. The molecule has 0 atom stereocenters. The molecule has 0 unspecified atom stereocenters. The van der Waals surface area contributed by atoms with Gasteiger partial charge in [-0.15, -0.1) is 0 Å². The van der Waals surface area contributed by atoms with E-state index in [0.717, 1.165) is 19.4 Å². The van der Waals surface area contributed by atoms with Crippen LogP contribution in [0.25, 0.3) is 0 Å². The monoisotopic (exact) mass is 226 g/mol. The number of halogens is 3. The smallest absolute Gasteiger partial charge is 0.315 e. The first-order valence-corrected chi connectivity index (χ1v) is 5.30. The van der Waals surface area contributed by atoms with Gasteiger partial charge in [0.2, 0.25) is 0 Å². The molecule has 0 spiro atoms. The predicted octanol–water partition coefficient (Wildman–Crippen LogP) is 2.26. The molecule has 2 nitrogen and oxygen atoms in total. The second-order valence-corrected chi connectivity index (χ2v) is 4.17. The number of hydrogen-bond donors (Lipinski definition) is 1. The second-order valence-electron chi connectivity index (χ2n) is 4.17. The van der Waals surface area contributed by atoms with E-state index in [-0.39, 0.29) is 0 Å². The Hall–Kier alpha value is -0.290. The molecule has 0 rings (SSSR count). The quantitative estimate of drug-likeness (QED) is 0.670. The van der Waals surface area contributed by atoms with E-state index in [2.05, 4.69) is 19.2 Å². The third-order valence-corrected chi connectivity index (χ3v) is 1.97. The Morgan fingerprint density at radius 2 is 1.80 bits per heavy atom. The van der Waals surface area contributed by atoms with Crippen LogP contribution in [-0.2, 0) is 0 Å². The summed E-state index contributed by atoms with van der Waals surface area (Å²) < 4.78 is 35.8. The lowest BCUT2D eigenvalue weighted by Crippen LogP contribution is -2.32. The average Bonchev–Trinajstić information content (AvgIpc) is 1.99. The molecular weight excluding hydrogens is 205 g/mol. The van der Waals surface area contributed by atoms with Crippen molar-refractivity contribution in [2.75, 3.05) is 26.7 Å². The third kappa shape index (κ3) is 11.6. The van der Waals surface area contributed by atoms with E-state index in [1.165, 1.54) is 11.9 Å². The number of hydrogen-bond acceptors (Lipinski definition) is 2.